The number of nitrogens with one attached hydrogen (secondary N) is 2. The molecule has 1 heterocycles. The van der Waals surface area contributed by atoms with Crippen molar-refractivity contribution in [1.29, 1.82) is 0 Å². The van der Waals surface area contributed by atoms with Gasteiger partial charge in [-0.25, -0.2) is 0 Å². The van der Waals surface area contributed by atoms with Crippen molar-refractivity contribution in [1.82, 2.24) is 15.1 Å². The van der Waals surface area contributed by atoms with Gasteiger partial charge in [0.2, 0.25) is 17.7 Å². The van der Waals surface area contributed by atoms with E-state index in [9.17, 15) is 14.4 Å². The Morgan fingerprint density at radius 2 is 1.55 bits per heavy atom. The molecule has 0 unspecified atom stereocenters. The summed E-state index contributed by atoms with van der Waals surface area (Å²) in [6.07, 6.45) is 1.12. The molecule has 0 aromatic heterocycles. The molecule has 0 saturated carbocycles. The molecule has 2 aromatic carbocycles. The van der Waals surface area contributed by atoms with E-state index in [2.05, 4.69) is 17.6 Å². The summed E-state index contributed by atoms with van der Waals surface area (Å²) in [4.78, 5) is 40.6. The van der Waals surface area contributed by atoms with E-state index in [0.717, 1.165) is 23.2 Å². The number of hydrogen-bond donors (Lipinski definition) is 2. The van der Waals surface area contributed by atoms with Crippen molar-refractivity contribution in [3.63, 3.8) is 0 Å². The first kappa shape index (κ1) is 22.5. The third-order valence-electron chi connectivity index (χ3n) is 5.41. The molecule has 0 bridgehead atoms. The minimum Gasteiger partial charge on any atom is -0.347 e. The van der Waals surface area contributed by atoms with E-state index in [0.29, 0.717) is 32.7 Å². The van der Waals surface area contributed by atoms with Crippen molar-refractivity contribution in [2.45, 2.75) is 19.8 Å². The molecule has 1 saturated heterocycles. The quantitative estimate of drug-likeness (QED) is 0.678. The van der Waals surface area contributed by atoms with Gasteiger partial charge in [-0.3, -0.25) is 19.3 Å². The monoisotopic (exact) mass is 422 g/mol. The van der Waals surface area contributed by atoms with Crippen molar-refractivity contribution < 1.29 is 14.4 Å². The molecular formula is C24H30N4O3. The summed E-state index contributed by atoms with van der Waals surface area (Å²) in [7, 11) is 0. The van der Waals surface area contributed by atoms with Crippen LogP contribution in [0.2, 0.25) is 0 Å². The zero-order valence-electron chi connectivity index (χ0n) is 18.0. The number of carbonyl (C=O) groups excluding carboxylic acids is 3. The van der Waals surface area contributed by atoms with Crippen LogP contribution in [0.1, 0.15) is 18.1 Å². The zero-order chi connectivity index (χ0) is 22.1. The second-order valence-corrected chi connectivity index (χ2v) is 7.65. The highest BCUT2D eigenvalue weighted by Gasteiger charge is 2.22. The molecule has 0 atom stereocenters. The lowest BCUT2D eigenvalue weighted by Gasteiger charge is -2.34. The molecule has 3 rings (SSSR count). The van der Waals surface area contributed by atoms with Crippen LogP contribution in [0.4, 0.5) is 5.69 Å². The number of piperazine rings is 1. The molecular weight excluding hydrogens is 392 g/mol. The fourth-order valence-electron chi connectivity index (χ4n) is 3.63. The zero-order valence-corrected chi connectivity index (χ0v) is 18.0. The van der Waals surface area contributed by atoms with Crippen molar-refractivity contribution in [2.24, 2.45) is 0 Å². The minimum absolute atomic E-state index is 0.0000448. The SMILES string of the molecule is CCc1ccccc1NC(=O)CN1CCN(C(=O)CNC(=O)Cc2ccccc2)CC1. The highest BCUT2D eigenvalue weighted by atomic mass is 16.2. The summed E-state index contributed by atoms with van der Waals surface area (Å²) < 4.78 is 0. The fraction of sp³-hybridized carbons (Fsp3) is 0.375. The van der Waals surface area contributed by atoms with Gasteiger partial charge >= 0.3 is 0 Å². The Kier molecular flexibility index (Phi) is 8.18. The molecule has 1 fully saturated rings. The summed E-state index contributed by atoms with van der Waals surface area (Å²) in [6, 6.07) is 17.3. The van der Waals surface area contributed by atoms with E-state index < -0.39 is 0 Å². The number of benzene rings is 2. The number of nitrogens with zero attached hydrogens (tertiary/aromatic N) is 2. The van der Waals surface area contributed by atoms with Gasteiger partial charge in [0.1, 0.15) is 0 Å². The van der Waals surface area contributed by atoms with Gasteiger partial charge in [-0.15, -0.1) is 0 Å². The highest BCUT2D eigenvalue weighted by Crippen LogP contribution is 2.15. The molecule has 3 amide bonds. The van der Waals surface area contributed by atoms with Crippen LogP contribution in [-0.2, 0) is 27.2 Å². The van der Waals surface area contributed by atoms with E-state index >= 15 is 0 Å². The van der Waals surface area contributed by atoms with Crippen LogP contribution in [0.15, 0.2) is 54.6 Å². The second kappa shape index (κ2) is 11.3. The number of carbonyl (C=O) groups is 3. The van der Waals surface area contributed by atoms with Gasteiger partial charge in [-0.1, -0.05) is 55.5 Å². The first-order valence-corrected chi connectivity index (χ1v) is 10.7. The first-order valence-electron chi connectivity index (χ1n) is 10.7. The van der Waals surface area contributed by atoms with Crippen molar-refractivity contribution in [3.8, 4) is 0 Å². The van der Waals surface area contributed by atoms with Crippen LogP contribution in [0, 0.1) is 0 Å². The van der Waals surface area contributed by atoms with Gasteiger partial charge in [0.05, 0.1) is 19.5 Å². The van der Waals surface area contributed by atoms with Crippen molar-refractivity contribution in [2.75, 3.05) is 44.6 Å². The van der Waals surface area contributed by atoms with E-state index in [4.69, 9.17) is 0 Å². The molecule has 31 heavy (non-hydrogen) atoms. The third-order valence-corrected chi connectivity index (χ3v) is 5.41. The molecule has 7 nitrogen and oxygen atoms in total. The van der Waals surface area contributed by atoms with Crippen LogP contribution in [0.5, 0.6) is 0 Å². The van der Waals surface area contributed by atoms with Gasteiger partial charge in [0, 0.05) is 31.9 Å². The summed E-state index contributed by atoms with van der Waals surface area (Å²) in [6.45, 7) is 4.72. The van der Waals surface area contributed by atoms with Crippen LogP contribution >= 0.6 is 0 Å². The Labute approximate surface area is 183 Å². The van der Waals surface area contributed by atoms with Crippen molar-refractivity contribution >= 4 is 23.4 Å². The molecule has 1 aliphatic heterocycles. The lowest BCUT2D eigenvalue weighted by molar-refractivity contribution is -0.134. The van der Waals surface area contributed by atoms with E-state index in [1.165, 1.54) is 0 Å². The van der Waals surface area contributed by atoms with Gasteiger partial charge < -0.3 is 15.5 Å². The maximum absolute atomic E-state index is 12.4. The molecule has 2 aromatic rings. The number of anilines is 1. The summed E-state index contributed by atoms with van der Waals surface area (Å²) >= 11 is 0. The lowest BCUT2D eigenvalue weighted by atomic mass is 10.1. The molecule has 164 valence electrons. The Morgan fingerprint density at radius 1 is 0.871 bits per heavy atom. The lowest BCUT2D eigenvalue weighted by Crippen LogP contribution is -2.52. The highest BCUT2D eigenvalue weighted by molar-refractivity contribution is 5.93. The van der Waals surface area contributed by atoms with Crippen LogP contribution in [0.3, 0.4) is 0 Å². The number of amides is 3. The minimum atomic E-state index is -0.165. The first-order chi connectivity index (χ1) is 15.0. The summed E-state index contributed by atoms with van der Waals surface area (Å²) in [5, 5.41) is 5.69. The predicted octanol–water partition coefficient (Wildman–Crippen LogP) is 1.69. The van der Waals surface area contributed by atoms with Crippen LogP contribution < -0.4 is 10.6 Å². The Bertz CT molecular complexity index is 893. The maximum Gasteiger partial charge on any atom is 0.242 e. The fourth-order valence-corrected chi connectivity index (χ4v) is 3.63. The second-order valence-electron chi connectivity index (χ2n) is 7.65. The molecule has 7 heteroatoms. The summed E-state index contributed by atoms with van der Waals surface area (Å²) in [5.41, 5.74) is 2.89. The topological polar surface area (TPSA) is 81.8 Å². The van der Waals surface area contributed by atoms with E-state index in [-0.39, 0.29) is 30.7 Å². The van der Waals surface area contributed by atoms with Crippen molar-refractivity contribution in [3.05, 3.63) is 65.7 Å². The van der Waals surface area contributed by atoms with Gasteiger partial charge in [-0.05, 0) is 23.6 Å². The Morgan fingerprint density at radius 3 is 2.26 bits per heavy atom. The molecule has 1 aliphatic rings. The maximum atomic E-state index is 12.4. The number of aryl methyl sites for hydroxylation is 1. The van der Waals surface area contributed by atoms with Crippen LogP contribution in [-0.4, -0.2) is 66.8 Å². The van der Waals surface area contributed by atoms with E-state index in [1.807, 2.05) is 59.5 Å². The number of hydrogen-bond acceptors (Lipinski definition) is 4. The summed E-state index contributed by atoms with van der Waals surface area (Å²) in [5.74, 6) is -0.307. The van der Waals surface area contributed by atoms with Crippen LogP contribution in [0.25, 0.3) is 0 Å². The standard InChI is InChI=1S/C24H30N4O3/c1-2-20-10-6-7-11-21(20)26-23(30)18-27-12-14-28(15-13-27)24(31)17-25-22(29)16-19-8-4-3-5-9-19/h3-11H,2,12-18H2,1H3,(H,25,29)(H,26,30). The smallest absolute Gasteiger partial charge is 0.242 e. The molecule has 0 radical (unpaired) electrons. The average Bonchev–Trinajstić information content (AvgIpc) is 2.79. The Hall–Kier alpha value is -3.19. The predicted molar refractivity (Wildman–Crippen MR) is 121 cm³/mol. The van der Waals surface area contributed by atoms with Gasteiger partial charge in [0.25, 0.3) is 0 Å². The molecule has 0 aliphatic carbocycles. The Balaban J connectivity index is 1.37. The van der Waals surface area contributed by atoms with Gasteiger partial charge in [-0.2, -0.15) is 0 Å². The largest absolute Gasteiger partial charge is 0.347 e. The van der Waals surface area contributed by atoms with E-state index in [1.54, 1.807) is 4.90 Å². The number of para-hydroxylation sites is 1. The third kappa shape index (κ3) is 6.93. The average molecular weight is 423 g/mol. The molecule has 0 spiro atoms. The van der Waals surface area contributed by atoms with Gasteiger partial charge in [0.15, 0.2) is 0 Å². The normalized spacial score (nSPS) is 14.2. The number of rotatable bonds is 8. The molecule has 2 N–H and O–H groups in total.